The SMILES string of the molecule is Cl.FC[C@H](c1c(Cl)ccc(Cl)c1Cl)N1CCNCC1. The van der Waals surface area contributed by atoms with Crippen LogP contribution >= 0.6 is 47.2 Å². The lowest BCUT2D eigenvalue weighted by molar-refractivity contribution is 0.147. The number of piperazine rings is 1. The summed E-state index contributed by atoms with van der Waals surface area (Å²) in [5.41, 5.74) is 0.593. The van der Waals surface area contributed by atoms with Gasteiger partial charge in [0.1, 0.15) is 6.67 Å². The van der Waals surface area contributed by atoms with Crippen molar-refractivity contribution in [3.63, 3.8) is 0 Å². The van der Waals surface area contributed by atoms with E-state index in [4.69, 9.17) is 34.8 Å². The maximum Gasteiger partial charge on any atom is 0.109 e. The third kappa shape index (κ3) is 3.87. The van der Waals surface area contributed by atoms with E-state index in [0.29, 0.717) is 20.6 Å². The molecule has 1 aromatic carbocycles. The van der Waals surface area contributed by atoms with Gasteiger partial charge < -0.3 is 5.32 Å². The Bertz CT molecular complexity index is 424. The third-order valence-electron chi connectivity index (χ3n) is 3.15. The molecule has 0 bridgehead atoms. The Kier molecular flexibility index (Phi) is 7.15. The van der Waals surface area contributed by atoms with Gasteiger partial charge in [-0.15, -0.1) is 12.4 Å². The lowest BCUT2D eigenvalue weighted by atomic mass is 10.1. The molecule has 1 N–H and O–H groups in total. The predicted octanol–water partition coefficient (Wildman–Crippen LogP) is 3.98. The van der Waals surface area contributed by atoms with E-state index in [0.717, 1.165) is 26.2 Å². The van der Waals surface area contributed by atoms with Crippen molar-refractivity contribution in [2.45, 2.75) is 6.04 Å². The zero-order valence-electron chi connectivity index (χ0n) is 10.1. The fourth-order valence-corrected chi connectivity index (χ4v) is 2.99. The fraction of sp³-hybridized carbons (Fsp3) is 0.500. The smallest absolute Gasteiger partial charge is 0.109 e. The summed E-state index contributed by atoms with van der Waals surface area (Å²) in [5.74, 6) is 0. The summed E-state index contributed by atoms with van der Waals surface area (Å²) in [7, 11) is 0. The number of benzene rings is 1. The molecule has 1 heterocycles. The Morgan fingerprint density at radius 2 is 1.74 bits per heavy atom. The largest absolute Gasteiger partial charge is 0.314 e. The van der Waals surface area contributed by atoms with Crippen LogP contribution in [0.15, 0.2) is 12.1 Å². The second-order valence-electron chi connectivity index (χ2n) is 4.21. The highest BCUT2D eigenvalue weighted by Crippen LogP contribution is 2.38. The molecule has 1 atom stereocenters. The van der Waals surface area contributed by atoms with Crippen molar-refractivity contribution in [1.29, 1.82) is 0 Å². The van der Waals surface area contributed by atoms with Crippen LogP contribution in [0.5, 0.6) is 0 Å². The van der Waals surface area contributed by atoms with E-state index in [9.17, 15) is 4.39 Å². The minimum absolute atomic E-state index is 0. The predicted molar refractivity (Wildman–Crippen MR) is 81.9 cm³/mol. The molecule has 0 spiro atoms. The van der Waals surface area contributed by atoms with E-state index in [2.05, 4.69) is 5.32 Å². The normalized spacial score (nSPS) is 17.9. The summed E-state index contributed by atoms with van der Waals surface area (Å²) in [5, 5.41) is 4.45. The Morgan fingerprint density at radius 1 is 1.16 bits per heavy atom. The van der Waals surface area contributed by atoms with Crippen molar-refractivity contribution in [3.8, 4) is 0 Å². The van der Waals surface area contributed by atoms with Crippen molar-refractivity contribution >= 4 is 47.2 Å². The molecule has 0 amide bonds. The Morgan fingerprint density at radius 3 is 2.32 bits per heavy atom. The van der Waals surface area contributed by atoms with Gasteiger partial charge >= 0.3 is 0 Å². The van der Waals surface area contributed by atoms with Crippen LogP contribution in [0.1, 0.15) is 11.6 Å². The Balaban J connectivity index is 0.00000180. The van der Waals surface area contributed by atoms with Crippen molar-refractivity contribution in [2.75, 3.05) is 32.9 Å². The van der Waals surface area contributed by atoms with Crippen LogP contribution in [0.3, 0.4) is 0 Å². The molecule has 0 aliphatic carbocycles. The van der Waals surface area contributed by atoms with Gasteiger partial charge in [-0.25, -0.2) is 4.39 Å². The van der Waals surface area contributed by atoms with E-state index >= 15 is 0 Å². The van der Waals surface area contributed by atoms with E-state index in [-0.39, 0.29) is 12.4 Å². The van der Waals surface area contributed by atoms with Crippen molar-refractivity contribution < 1.29 is 4.39 Å². The van der Waals surface area contributed by atoms with Crippen LogP contribution in [0, 0.1) is 0 Å². The monoisotopic (exact) mass is 346 g/mol. The van der Waals surface area contributed by atoms with Gasteiger partial charge in [0.15, 0.2) is 0 Å². The first-order valence-electron chi connectivity index (χ1n) is 5.79. The summed E-state index contributed by atoms with van der Waals surface area (Å²) >= 11 is 18.3. The number of nitrogens with zero attached hydrogens (tertiary/aromatic N) is 1. The number of nitrogens with one attached hydrogen (secondary N) is 1. The number of hydrogen-bond acceptors (Lipinski definition) is 2. The van der Waals surface area contributed by atoms with Crippen molar-refractivity contribution in [2.24, 2.45) is 0 Å². The molecule has 2 rings (SSSR count). The van der Waals surface area contributed by atoms with E-state index in [1.807, 2.05) is 4.90 Å². The molecule has 1 aliphatic heterocycles. The Labute approximate surface area is 133 Å². The standard InChI is InChI=1S/C12H14Cl3FN2.ClH/c13-8-1-2-9(14)12(15)11(8)10(7-16)18-5-3-17-4-6-18;/h1-2,10,17H,3-7H2;1H/t10-;/m1./s1. The number of halogens is 5. The van der Waals surface area contributed by atoms with Crippen LogP contribution in [-0.4, -0.2) is 37.8 Å². The zero-order valence-corrected chi connectivity index (χ0v) is 13.2. The highest BCUT2D eigenvalue weighted by atomic mass is 35.5. The fourth-order valence-electron chi connectivity index (χ4n) is 2.20. The molecule has 1 aromatic rings. The molecule has 0 radical (unpaired) electrons. The van der Waals surface area contributed by atoms with Crippen LogP contribution in [0.4, 0.5) is 4.39 Å². The van der Waals surface area contributed by atoms with Crippen LogP contribution in [0.2, 0.25) is 15.1 Å². The molecule has 0 unspecified atom stereocenters. The first-order chi connectivity index (χ1) is 8.65. The number of alkyl halides is 1. The molecule has 1 aliphatic rings. The highest BCUT2D eigenvalue weighted by molar-refractivity contribution is 6.44. The molecular weight excluding hydrogens is 333 g/mol. The third-order valence-corrected chi connectivity index (χ3v) is 4.30. The summed E-state index contributed by atoms with van der Waals surface area (Å²) in [4.78, 5) is 2.04. The van der Waals surface area contributed by atoms with Crippen LogP contribution in [0.25, 0.3) is 0 Å². The molecule has 0 saturated carbocycles. The van der Waals surface area contributed by atoms with Crippen molar-refractivity contribution in [3.05, 3.63) is 32.8 Å². The van der Waals surface area contributed by atoms with Gasteiger partial charge in [0.2, 0.25) is 0 Å². The van der Waals surface area contributed by atoms with Gasteiger partial charge in [-0.05, 0) is 12.1 Å². The lowest BCUT2D eigenvalue weighted by Gasteiger charge is -2.34. The average Bonchev–Trinajstić information content (AvgIpc) is 2.40. The van der Waals surface area contributed by atoms with Crippen LogP contribution in [-0.2, 0) is 0 Å². The minimum atomic E-state index is -0.528. The molecule has 1 fully saturated rings. The van der Waals surface area contributed by atoms with Gasteiger partial charge in [0.05, 0.1) is 16.1 Å². The zero-order chi connectivity index (χ0) is 13.1. The van der Waals surface area contributed by atoms with E-state index < -0.39 is 12.7 Å². The lowest BCUT2D eigenvalue weighted by Crippen LogP contribution is -2.45. The highest BCUT2D eigenvalue weighted by Gasteiger charge is 2.26. The quantitative estimate of drug-likeness (QED) is 0.832. The second kappa shape index (κ2) is 7.87. The van der Waals surface area contributed by atoms with Gasteiger partial charge in [0, 0.05) is 36.8 Å². The summed E-state index contributed by atoms with van der Waals surface area (Å²) in [6.45, 7) is 2.69. The van der Waals surface area contributed by atoms with E-state index in [1.165, 1.54) is 0 Å². The topological polar surface area (TPSA) is 15.3 Å². The summed E-state index contributed by atoms with van der Waals surface area (Å²) in [6.07, 6.45) is 0. The maximum absolute atomic E-state index is 13.4. The van der Waals surface area contributed by atoms with Gasteiger partial charge in [-0.1, -0.05) is 34.8 Å². The Hall–Kier alpha value is 0.230. The average molecular weight is 348 g/mol. The van der Waals surface area contributed by atoms with Crippen LogP contribution < -0.4 is 5.32 Å². The molecule has 7 heteroatoms. The first kappa shape index (κ1) is 17.3. The van der Waals surface area contributed by atoms with Gasteiger partial charge in [0.25, 0.3) is 0 Å². The summed E-state index contributed by atoms with van der Waals surface area (Å²) in [6, 6.07) is 2.87. The summed E-state index contributed by atoms with van der Waals surface area (Å²) < 4.78 is 13.4. The van der Waals surface area contributed by atoms with Crippen molar-refractivity contribution in [1.82, 2.24) is 10.2 Å². The number of rotatable bonds is 3. The molecular formula is C12H15Cl4FN2. The van der Waals surface area contributed by atoms with Gasteiger partial charge in [-0.3, -0.25) is 4.90 Å². The molecule has 0 aromatic heterocycles. The second-order valence-corrected chi connectivity index (χ2v) is 5.41. The van der Waals surface area contributed by atoms with E-state index in [1.54, 1.807) is 12.1 Å². The van der Waals surface area contributed by atoms with Gasteiger partial charge in [-0.2, -0.15) is 0 Å². The maximum atomic E-state index is 13.4. The molecule has 19 heavy (non-hydrogen) atoms. The molecule has 108 valence electrons. The molecule has 1 saturated heterocycles. The minimum Gasteiger partial charge on any atom is -0.314 e. The molecule has 2 nitrogen and oxygen atoms in total. The first-order valence-corrected chi connectivity index (χ1v) is 6.92. The number of hydrogen-bond donors (Lipinski definition) is 1.